The summed E-state index contributed by atoms with van der Waals surface area (Å²) < 4.78 is 26.7. The number of nitrogens with zero attached hydrogens (tertiary/aromatic N) is 1. The van der Waals surface area contributed by atoms with E-state index in [1.54, 1.807) is 12.1 Å². The first kappa shape index (κ1) is 18.7. The van der Waals surface area contributed by atoms with Gasteiger partial charge in [-0.25, -0.2) is 13.1 Å². The highest BCUT2D eigenvalue weighted by atomic mass is 35.5. The number of nitrogens with one attached hydrogen (secondary N) is 3. The van der Waals surface area contributed by atoms with Crippen LogP contribution in [0.4, 0.5) is 0 Å². The van der Waals surface area contributed by atoms with Crippen LogP contribution in [0.1, 0.15) is 20.8 Å². The molecule has 1 aromatic rings. The Hall–Kier alpha value is -1.31. The van der Waals surface area contributed by atoms with Gasteiger partial charge in [-0.3, -0.25) is 4.99 Å². The Balaban J connectivity index is 2.58. The van der Waals surface area contributed by atoms with E-state index in [1.165, 1.54) is 12.1 Å². The molecule has 6 nitrogen and oxygen atoms in total. The molecule has 124 valence electrons. The largest absolute Gasteiger partial charge is 0.357 e. The van der Waals surface area contributed by atoms with E-state index < -0.39 is 10.0 Å². The Morgan fingerprint density at radius 2 is 2.09 bits per heavy atom. The first-order valence-corrected chi connectivity index (χ1v) is 9.01. The molecule has 0 saturated heterocycles. The average molecular weight is 347 g/mol. The van der Waals surface area contributed by atoms with Crippen LogP contribution in [0, 0.1) is 0 Å². The second-order valence-corrected chi connectivity index (χ2v) is 7.12. The maximum absolute atomic E-state index is 12.1. The standard InChI is InChI=1S/C14H23ClN4O2S/c1-4-16-14(19-11(2)3)17-8-9-18-22(20,21)13-7-5-6-12(15)10-13/h5-7,10-11,18H,4,8-9H2,1-3H3,(H2,16,17,19). The predicted molar refractivity (Wildman–Crippen MR) is 90.9 cm³/mol. The van der Waals surface area contributed by atoms with Crippen LogP contribution in [0.5, 0.6) is 0 Å². The summed E-state index contributed by atoms with van der Waals surface area (Å²) in [7, 11) is -3.56. The molecule has 0 atom stereocenters. The average Bonchev–Trinajstić information content (AvgIpc) is 2.43. The van der Waals surface area contributed by atoms with Crippen molar-refractivity contribution in [2.75, 3.05) is 19.6 Å². The third kappa shape index (κ3) is 6.64. The second-order valence-electron chi connectivity index (χ2n) is 4.91. The first-order valence-electron chi connectivity index (χ1n) is 7.15. The Kier molecular flexibility index (Phi) is 7.64. The molecule has 0 heterocycles. The molecule has 0 fully saturated rings. The van der Waals surface area contributed by atoms with Crippen molar-refractivity contribution in [1.82, 2.24) is 15.4 Å². The smallest absolute Gasteiger partial charge is 0.240 e. The van der Waals surface area contributed by atoms with Gasteiger partial charge in [0.25, 0.3) is 0 Å². The van der Waals surface area contributed by atoms with Gasteiger partial charge in [0.15, 0.2) is 5.96 Å². The lowest BCUT2D eigenvalue weighted by Gasteiger charge is -2.14. The molecular weight excluding hydrogens is 324 g/mol. The summed E-state index contributed by atoms with van der Waals surface area (Å²) >= 11 is 5.81. The molecule has 0 radical (unpaired) electrons. The number of benzene rings is 1. The third-order valence-electron chi connectivity index (χ3n) is 2.55. The van der Waals surface area contributed by atoms with Crippen molar-refractivity contribution in [3.63, 3.8) is 0 Å². The number of rotatable bonds is 7. The van der Waals surface area contributed by atoms with Gasteiger partial charge in [-0.05, 0) is 39.0 Å². The van der Waals surface area contributed by atoms with Crippen LogP contribution in [0.3, 0.4) is 0 Å². The van der Waals surface area contributed by atoms with Crippen molar-refractivity contribution < 1.29 is 8.42 Å². The molecule has 0 saturated carbocycles. The topological polar surface area (TPSA) is 82.6 Å². The third-order valence-corrected chi connectivity index (χ3v) is 4.24. The predicted octanol–water partition coefficient (Wildman–Crippen LogP) is 1.58. The van der Waals surface area contributed by atoms with E-state index in [1.807, 2.05) is 20.8 Å². The van der Waals surface area contributed by atoms with Crippen LogP contribution in [0.15, 0.2) is 34.2 Å². The number of guanidine groups is 1. The van der Waals surface area contributed by atoms with E-state index in [-0.39, 0.29) is 17.5 Å². The van der Waals surface area contributed by atoms with Crippen LogP contribution >= 0.6 is 11.6 Å². The van der Waals surface area contributed by atoms with E-state index in [9.17, 15) is 8.42 Å². The quantitative estimate of drug-likeness (QED) is 0.398. The highest BCUT2D eigenvalue weighted by molar-refractivity contribution is 7.89. The Labute approximate surface area is 137 Å². The minimum Gasteiger partial charge on any atom is -0.357 e. The van der Waals surface area contributed by atoms with Gasteiger partial charge in [-0.1, -0.05) is 17.7 Å². The van der Waals surface area contributed by atoms with Crippen LogP contribution < -0.4 is 15.4 Å². The molecule has 0 unspecified atom stereocenters. The summed E-state index contributed by atoms with van der Waals surface area (Å²) in [6, 6.07) is 6.40. The summed E-state index contributed by atoms with van der Waals surface area (Å²) in [6.07, 6.45) is 0. The summed E-state index contributed by atoms with van der Waals surface area (Å²) in [4.78, 5) is 4.46. The maximum Gasteiger partial charge on any atom is 0.240 e. The molecule has 0 aliphatic heterocycles. The van der Waals surface area contributed by atoms with Gasteiger partial charge < -0.3 is 10.6 Å². The molecule has 1 rings (SSSR count). The van der Waals surface area contributed by atoms with E-state index in [2.05, 4.69) is 20.3 Å². The van der Waals surface area contributed by atoms with Gasteiger partial charge in [-0.2, -0.15) is 0 Å². The molecule has 0 aliphatic carbocycles. The lowest BCUT2D eigenvalue weighted by atomic mass is 10.4. The Bertz CT molecular complexity index is 603. The highest BCUT2D eigenvalue weighted by Crippen LogP contribution is 2.14. The fourth-order valence-electron chi connectivity index (χ4n) is 1.66. The number of sulfonamides is 1. The van der Waals surface area contributed by atoms with Crippen LogP contribution in [0.25, 0.3) is 0 Å². The van der Waals surface area contributed by atoms with Crippen molar-refractivity contribution in [2.45, 2.75) is 31.7 Å². The van der Waals surface area contributed by atoms with Gasteiger partial charge in [-0.15, -0.1) is 0 Å². The molecule has 0 aromatic heterocycles. The number of hydrogen-bond acceptors (Lipinski definition) is 3. The summed E-state index contributed by atoms with van der Waals surface area (Å²) in [5, 5.41) is 6.64. The zero-order valence-electron chi connectivity index (χ0n) is 13.1. The molecule has 22 heavy (non-hydrogen) atoms. The SMILES string of the molecule is CCNC(=NCCNS(=O)(=O)c1cccc(Cl)c1)NC(C)C. The van der Waals surface area contributed by atoms with Gasteiger partial charge in [0, 0.05) is 24.2 Å². The molecular formula is C14H23ClN4O2S. The summed E-state index contributed by atoms with van der Waals surface area (Å²) in [5.41, 5.74) is 0. The summed E-state index contributed by atoms with van der Waals surface area (Å²) in [6.45, 7) is 7.28. The first-order chi connectivity index (χ1) is 10.3. The molecule has 0 aliphatic rings. The molecule has 1 aromatic carbocycles. The van der Waals surface area contributed by atoms with Crippen LogP contribution in [-0.4, -0.2) is 40.1 Å². The highest BCUT2D eigenvalue weighted by Gasteiger charge is 2.13. The van der Waals surface area contributed by atoms with Crippen molar-refractivity contribution in [3.05, 3.63) is 29.3 Å². The molecule has 3 N–H and O–H groups in total. The lowest BCUT2D eigenvalue weighted by Crippen LogP contribution is -2.41. The van der Waals surface area contributed by atoms with Crippen molar-refractivity contribution in [3.8, 4) is 0 Å². The fourth-order valence-corrected chi connectivity index (χ4v) is 2.98. The van der Waals surface area contributed by atoms with E-state index in [0.29, 0.717) is 17.5 Å². The van der Waals surface area contributed by atoms with Gasteiger partial charge >= 0.3 is 0 Å². The van der Waals surface area contributed by atoms with E-state index >= 15 is 0 Å². The fraction of sp³-hybridized carbons (Fsp3) is 0.500. The van der Waals surface area contributed by atoms with E-state index in [0.717, 1.165) is 6.54 Å². The Morgan fingerprint density at radius 3 is 2.68 bits per heavy atom. The minimum absolute atomic E-state index is 0.149. The second kappa shape index (κ2) is 8.97. The van der Waals surface area contributed by atoms with Gasteiger partial charge in [0.1, 0.15) is 0 Å². The van der Waals surface area contributed by atoms with Crippen molar-refractivity contribution >= 4 is 27.6 Å². The Morgan fingerprint density at radius 1 is 1.36 bits per heavy atom. The molecule has 0 bridgehead atoms. The van der Waals surface area contributed by atoms with Gasteiger partial charge in [0.2, 0.25) is 10.0 Å². The lowest BCUT2D eigenvalue weighted by molar-refractivity contribution is 0.582. The number of hydrogen-bond donors (Lipinski definition) is 3. The minimum atomic E-state index is -3.56. The molecule has 0 amide bonds. The van der Waals surface area contributed by atoms with Gasteiger partial charge in [0.05, 0.1) is 11.4 Å². The summed E-state index contributed by atoms with van der Waals surface area (Å²) in [5.74, 6) is 0.666. The monoisotopic (exact) mass is 346 g/mol. The van der Waals surface area contributed by atoms with Crippen LogP contribution in [0.2, 0.25) is 5.02 Å². The zero-order valence-corrected chi connectivity index (χ0v) is 14.6. The normalized spacial score (nSPS) is 12.5. The maximum atomic E-state index is 12.1. The number of halogens is 1. The molecule has 0 spiro atoms. The van der Waals surface area contributed by atoms with Crippen LogP contribution in [-0.2, 0) is 10.0 Å². The van der Waals surface area contributed by atoms with Crippen molar-refractivity contribution in [2.24, 2.45) is 4.99 Å². The van der Waals surface area contributed by atoms with E-state index in [4.69, 9.17) is 11.6 Å². The zero-order chi connectivity index (χ0) is 16.6. The number of aliphatic imine (C=N–C) groups is 1. The molecule has 8 heteroatoms. The van der Waals surface area contributed by atoms with Crippen molar-refractivity contribution in [1.29, 1.82) is 0 Å².